The van der Waals surface area contributed by atoms with E-state index in [0.29, 0.717) is 5.92 Å². The Morgan fingerprint density at radius 1 is 1.28 bits per heavy atom. The van der Waals surface area contributed by atoms with Crippen LogP contribution in [0.1, 0.15) is 43.4 Å². The van der Waals surface area contributed by atoms with Gasteiger partial charge < -0.3 is 14.7 Å². The summed E-state index contributed by atoms with van der Waals surface area (Å²) in [5.74, 6) is 1.29. The second kappa shape index (κ2) is 6.76. The summed E-state index contributed by atoms with van der Waals surface area (Å²) < 4.78 is 5.35. The molecular formula is C15H25NO2. The third-order valence-corrected chi connectivity index (χ3v) is 3.11. The zero-order valence-electron chi connectivity index (χ0n) is 12.1. The minimum Gasteiger partial charge on any atom is -0.496 e. The molecule has 0 aliphatic carbocycles. The van der Waals surface area contributed by atoms with Crippen LogP contribution in [-0.2, 0) is 0 Å². The Balaban J connectivity index is 2.86. The first-order valence-corrected chi connectivity index (χ1v) is 6.46. The standard InChI is InChI=1S/C15H25NO2/c1-11(2)13-10-12(6-7-15(13)18-5)14(17)8-9-16(3)4/h6-7,10-11,14,17H,8-9H2,1-5H3. The van der Waals surface area contributed by atoms with Crippen molar-refractivity contribution in [2.45, 2.75) is 32.3 Å². The largest absolute Gasteiger partial charge is 0.496 e. The van der Waals surface area contributed by atoms with E-state index in [9.17, 15) is 5.11 Å². The third-order valence-electron chi connectivity index (χ3n) is 3.11. The van der Waals surface area contributed by atoms with Crippen molar-refractivity contribution in [1.29, 1.82) is 0 Å². The molecule has 0 heterocycles. The van der Waals surface area contributed by atoms with Gasteiger partial charge in [-0.2, -0.15) is 0 Å². The minimum atomic E-state index is -0.407. The molecular weight excluding hydrogens is 226 g/mol. The van der Waals surface area contributed by atoms with E-state index in [1.54, 1.807) is 7.11 Å². The molecule has 18 heavy (non-hydrogen) atoms. The number of methoxy groups -OCH3 is 1. The lowest BCUT2D eigenvalue weighted by molar-refractivity contribution is 0.154. The van der Waals surface area contributed by atoms with E-state index in [1.165, 1.54) is 0 Å². The van der Waals surface area contributed by atoms with Crippen molar-refractivity contribution < 1.29 is 9.84 Å². The second-order valence-corrected chi connectivity index (χ2v) is 5.26. The zero-order valence-corrected chi connectivity index (χ0v) is 12.1. The van der Waals surface area contributed by atoms with Gasteiger partial charge in [-0.1, -0.05) is 19.9 Å². The number of rotatable bonds is 6. The van der Waals surface area contributed by atoms with Gasteiger partial charge in [-0.05, 0) is 49.7 Å². The smallest absolute Gasteiger partial charge is 0.122 e. The van der Waals surface area contributed by atoms with Crippen LogP contribution in [0.25, 0.3) is 0 Å². The number of hydrogen-bond donors (Lipinski definition) is 1. The van der Waals surface area contributed by atoms with Crippen LogP contribution in [0.4, 0.5) is 0 Å². The number of benzene rings is 1. The molecule has 0 aliphatic heterocycles. The Hall–Kier alpha value is -1.06. The molecule has 0 saturated heterocycles. The molecule has 3 heteroatoms. The topological polar surface area (TPSA) is 32.7 Å². The highest BCUT2D eigenvalue weighted by molar-refractivity contribution is 5.40. The first-order valence-electron chi connectivity index (χ1n) is 6.46. The average molecular weight is 251 g/mol. The molecule has 0 fully saturated rings. The first-order chi connectivity index (χ1) is 8.45. The minimum absolute atomic E-state index is 0.390. The molecule has 0 radical (unpaired) electrons. The van der Waals surface area contributed by atoms with E-state index < -0.39 is 6.10 Å². The maximum Gasteiger partial charge on any atom is 0.122 e. The molecule has 1 rings (SSSR count). The lowest BCUT2D eigenvalue weighted by Crippen LogP contribution is -2.16. The fourth-order valence-corrected chi connectivity index (χ4v) is 1.96. The summed E-state index contributed by atoms with van der Waals surface area (Å²) >= 11 is 0. The number of hydrogen-bond acceptors (Lipinski definition) is 3. The van der Waals surface area contributed by atoms with Crippen molar-refractivity contribution in [2.75, 3.05) is 27.7 Å². The predicted molar refractivity (Wildman–Crippen MR) is 75.2 cm³/mol. The normalized spacial score (nSPS) is 13.1. The fourth-order valence-electron chi connectivity index (χ4n) is 1.96. The molecule has 1 aromatic rings. The van der Waals surface area contributed by atoms with E-state index in [-0.39, 0.29) is 0 Å². The molecule has 1 N–H and O–H groups in total. The molecule has 0 bridgehead atoms. The summed E-state index contributed by atoms with van der Waals surface area (Å²) in [6.45, 7) is 5.14. The van der Waals surface area contributed by atoms with Gasteiger partial charge in [0, 0.05) is 6.54 Å². The summed E-state index contributed by atoms with van der Waals surface area (Å²) in [5.41, 5.74) is 2.13. The average Bonchev–Trinajstić information content (AvgIpc) is 2.34. The van der Waals surface area contributed by atoms with Gasteiger partial charge in [-0.25, -0.2) is 0 Å². The van der Waals surface area contributed by atoms with Gasteiger partial charge >= 0.3 is 0 Å². The maximum absolute atomic E-state index is 10.2. The van der Waals surface area contributed by atoms with Crippen molar-refractivity contribution in [3.63, 3.8) is 0 Å². The van der Waals surface area contributed by atoms with Crippen LogP contribution in [0, 0.1) is 0 Å². The predicted octanol–water partition coefficient (Wildman–Crippen LogP) is 2.80. The highest BCUT2D eigenvalue weighted by atomic mass is 16.5. The summed E-state index contributed by atoms with van der Waals surface area (Å²) in [7, 11) is 5.71. The van der Waals surface area contributed by atoms with Gasteiger partial charge in [-0.3, -0.25) is 0 Å². The quantitative estimate of drug-likeness (QED) is 0.844. The summed E-state index contributed by atoms with van der Waals surface area (Å²) in [4.78, 5) is 2.08. The third kappa shape index (κ3) is 4.00. The Morgan fingerprint density at radius 3 is 2.44 bits per heavy atom. The van der Waals surface area contributed by atoms with Crippen molar-refractivity contribution in [1.82, 2.24) is 4.90 Å². The molecule has 1 unspecified atom stereocenters. The monoisotopic (exact) mass is 251 g/mol. The lowest BCUT2D eigenvalue weighted by atomic mass is 9.96. The van der Waals surface area contributed by atoms with Crippen LogP contribution in [0.15, 0.2) is 18.2 Å². The number of aliphatic hydroxyl groups excluding tert-OH is 1. The SMILES string of the molecule is COc1ccc(C(O)CCN(C)C)cc1C(C)C. The second-order valence-electron chi connectivity index (χ2n) is 5.26. The molecule has 0 spiro atoms. The maximum atomic E-state index is 10.2. The van der Waals surface area contributed by atoms with Crippen LogP contribution in [0.3, 0.4) is 0 Å². The number of aliphatic hydroxyl groups is 1. The Labute approximate surface area is 110 Å². The molecule has 0 aliphatic rings. The first kappa shape index (κ1) is 15.0. The summed E-state index contributed by atoms with van der Waals surface area (Å²) in [6.07, 6.45) is 0.340. The van der Waals surface area contributed by atoms with Crippen LogP contribution in [0.5, 0.6) is 5.75 Å². The van der Waals surface area contributed by atoms with E-state index in [0.717, 1.165) is 29.8 Å². The molecule has 0 aromatic heterocycles. The van der Waals surface area contributed by atoms with Crippen molar-refractivity contribution in [3.8, 4) is 5.75 Å². The summed E-state index contributed by atoms with van der Waals surface area (Å²) in [6, 6.07) is 5.96. The number of ether oxygens (including phenoxy) is 1. The lowest BCUT2D eigenvalue weighted by Gasteiger charge is -2.18. The van der Waals surface area contributed by atoms with Gasteiger partial charge in [0.25, 0.3) is 0 Å². The van der Waals surface area contributed by atoms with Gasteiger partial charge in [0.1, 0.15) is 5.75 Å². The zero-order chi connectivity index (χ0) is 13.7. The van der Waals surface area contributed by atoms with E-state index in [4.69, 9.17) is 4.74 Å². The van der Waals surface area contributed by atoms with Crippen LogP contribution in [-0.4, -0.2) is 37.8 Å². The Morgan fingerprint density at radius 2 is 1.94 bits per heavy atom. The number of nitrogens with zero attached hydrogens (tertiary/aromatic N) is 1. The van der Waals surface area contributed by atoms with Crippen molar-refractivity contribution in [3.05, 3.63) is 29.3 Å². The molecule has 102 valence electrons. The van der Waals surface area contributed by atoms with Crippen molar-refractivity contribution >= 4 is 0 Å². The summed E-state index contributed by atoms with van der Waals surface area (Å²) in [5, 5.41) is 10.2. The van der Waals surface area contributed by atoms with Gasteiger partial charge in [-0.15, -0.1) is 0 Å². The molecule has 3 nitrogen and oxygen atoms in total. The Bertz CT molecular complexity index is 375. The van der Waals surface area contributed by atoms with Crippen LogP contribution < -0.4 is 4.74 Å². The molecule has 0 amide bonds. The van der Waals surface area contributed by atoms with E-state index >= 15 is 0 Å². The molecule has 1 atom stereocenters. The Kier molecular flexibility index (Phi) is 5.63. The van der Waals surface area contributed by atoms with E-state index in [1.807, 2.05) is 26.2 Å². The van der Waals surface area contributed by atoms with Gasteiger partial charge in [0.2, 0.25) is 0 Å². The molecule has 1 aromatic carbocycles. The fraction of sp³-hybridized carbons (Fsp3) is 0.600. The van der Waals surface area contributed by atoms with E-state index in [2.05, 4.69) is 24.8 Å². The van der Waals surface area contributed by atoms with Gasteiger partial charge in [0.15, 0.2) is 0 Å². The molecule has 0 saturated carbocycles. The highest BCUT2D eigenvalue weighted by Gasteiger charge is 2.13. The highest BCUT2D eigenvalue weighted by Crippen LogP contribution is 2.30. The van der Waals surface area contributed by atoms with Crippen LogP contribution >= 0.6 is 0 Å². The van der Waals surface area contributed by atoms with Gasteiger partial charge in [0.05, 0.1) is 13.2 Å². The van der Waals surface area contributed by atoms with Crippen molar-refractivity contribution in [2.24, 2.45) is 0 Å². The van der Waals surface area contributed by atoms with Crippen LogP contribution in [0.2, 0.25) is 0 Å².